The SMILES string of the molecule is N/C(=N\O)c1ccc(S(=O)(=O)N(Cc2ccc(F)c(C(F)(F)F)c2)c2cc3ccccc3s2)cc1. The number of thiophene rings is 1. The van der Waals surface area contributed by atoms with Crippen LogP contribution >= 0.6 is 11.3 Å². The monoisotopic (exact) mass is 523 g/mol. The van der Waals surface area contributed by atoms with E-state index in [1.54, 1.807) is 30.3 Å². The number of amidine groups is 1. The molecule has 0 aliphatic heterocycles. The van der Waals surface area contributed by atoms with E-state index in [-0.39, 0.29) is 26.9 Å². The van der Waals surface area contributed by atoms with Crippen molar-refractivity contribution in [2.45, 2.75) is 17.6 Å². The molecule has 0 spiro atoms. The van der Waals surface area contributed by atoms with Gasteiger partial charge in [-0.05, 0) is 59.5 Å². The van der Waals surface area contributed by atoms with E-state index in [4.69, 9.17) is 10.9 Å². The molecule has 3 aromatic carbocycles. The van der Waals surface area contributed by atoms with Crippen molar-refractivity contribution in [2.24, 2.45) is 10.9 Å². The minimum atomic E-state index is -4.94. The molecule has 0 saturated heterocycles. The van der Waals surface area contributed by atoms with Gasteiger partial charge in [-0.2, -0.15) is 13.2 Å². The number of nitrogens with two attached hydrogens (primary N) is 1. The number of halogens is 4. The summed E-state index contributed by atoms with van der Waals surface area (Å²) in [6.45, 7) is -0.472. The van der Waals surface area contributed by atoms with E-state index >= 15 is 0 Å². The van der Waals surface area contributed by atoms with Crippen molar-refractivity contribution in [3.63, 3.8) is 0 Å². The number of benzene rings is 3. The fraction of sp³-hybridized carbons (Fsp3) is 0.0870. The van der Waals surface area contributed by atoms with Crippen LogP contribution in [0, 0.1) is 5.82 Å². The quantitative estimate of drug-likeness (QED) is 0.114. The molecule has 0 aliphatic carbocycles. The Morgan fingerprint density at radius 3 is 2.34 bits per heavy atom. The van der Waals surface area contributed by atoms with Gasteiger partial charge in [0.25, 0.3) is 10.0 Å². The zero-order valence-electron chi connectivity index (χ0n) is 17.7. The molecule has 0 saturated carbocycles. The van der Waals surface area contributed by atoms with Crippen molar-refractivity contribution in [2.75, 3.05) is 4.31 Å². The molecule has 1 heterocycles. The van der Waals surface area contributed by atoms with Crippen molar-refractivity contribution in [3.8, 4) is 0 Å². The second-order valence-electron chi connectivity index (χ2n) is 7.46. The van der Waals surface area contributed by atoms with Crippen LogP contribution in [-0.2, 0) is 22.7 Å². The van der Waals surface area contributed by atoms with Gasteiger partial charge < -0.3 is 10.9 Å². The minimum Gasteiger partial charge on any atom is -0.409 e. The number of oxime groups is 1. The Morgan fingerprint density at radius 2 is 1.71 bits per heavy atom. The maximum atomic E-state index is 13.8. The number of hydrogen-bond acceptors (Lipinski definition) is 5. The van der Waals surface area contributed by atoms with Crippen molar-refractivity contribution < 1.29 is 31.2 Å². The summed E-state index contributed by atoms with van der Waals surface area (Å²) >= 11 is 1.15. The smallest absolute Gasteiger partial charge is 0.409 e. The predicted molar refractivity (Wildman–Crippen MR) is 126 cm³/mol. The summed E-state index contributed by atoms with van der Waals surface area (Å²) in [5.41, 5.74) is 4.27. The Hall–Kier alpha value is -3.64. The molecule has 4 rings (SSSR count). The Labute approximate surface area is 201 Å². The van der Waals surface area contributed by atoms with Crippen LogP contribution < -0.4 is 10.0 Å². The molecule has 12 heteroatoms. The summed E-state index contributed by atoms with van der Waals surface area (Å²) in [4.78, 5) is -0.164. The maximum absolute atomic E-state index is 13.8. The Bertz CT molecular complexity index is 1480. The van der Waals surface area contributed by atoms with Crippen molar-refractivity contribution in [1.82, 2.24) is 0 Å². The topological polar surface area (TPSA) is 96.0 Å². The molecular weight excluding hydrogens is 506 g/mol. The van der Waals surface area contributed by atoms with E-state index in [1.807, 2.05) is 0 Å². The standard InChI is InChI=1S/C23H17F4N3O3S2/c24-19-10-5-14(11-18(19)23(25,26)27)13-30(21-12-16-3-1-2-4-20(16)34-21)35(32,33)17-8-6-15(7-9-17)22(28)29-31/h1-12,31H,13H2,(H2,28,29). The van der Waals surface area contributed by atoms with Gasteiger partial charge in [-0.3, -0.25) is 4.31 Å². The summed E-state index contributed by atoms with van der Waals surface area (Å²) in [7, 11) is -4.28. The first-order chi connectivity index (χ1) is 16.5. The first kappa shape index (κ1) is 24.5. The Balaban J connectivity index is 1.82. The molecule has 4 aromatic rings. The molecular formula is C23H17F4N3O3S2. The number of fused-ring (bicyclic) bond motifs is 1. The third kappa shape index (κ3) is 4.93. The lowest BCUT2D eigenvalue weighted by molar-refractivity contribution is -0.140. The van der Waals surface area contributed by atoms with Gasteiger partial charge in [0.2, 0.25) is 0 Å². The lowest BCUT2D eigenvalue weighted by atomic mass is 10.1. The summed E-state index contributed by atoms with van der Waals surface area (Å²) in [6.07, 6.45) is -4.94. The zero-order chi connectivity index (χ0) is 25.4. The average molecular weight is 524 g/mol. The Morgan fingerprint density at radius 1 is 1.03 bits per heavy atom. The predicted octanol–water partition coefficient (Wildman–Crippen LogP) is 5.55. The normalized spacial score (nSPS) is 12.7. The molecule has 0 bridgehead atoms. The van der Waals surface area contributed by atoms with Crippen molar-refractivity contribution >= 4 is 42.3 Å². The molecule has 0 amide bonds. The van der Waals surface area contributed by atoms with Crippen LogP contribution in [0.1, 0.15) is 16.7 Å². The fourth-order valence-corrected chi connectivity index (χ4v) is 6.13. The number of rotatable bonds is 6. The number of sulfonamides is 1. The molecule has 35 heavy (non-hydrogen) atoms. The highest BCUT2D eigenvalue weighted by atomic mass is 32.2. The van der Waals surface area contributed by atoms with Crippen LogP contribution in [0.5, 0.6) is 0 Å². The highest BCUT2D eigenvalue weighted by Crippen LogP contribution is 2.37. The third-order valence-electron chi connectivity index (χ3n) is 5.17. The van der Waals surface area contributed by atoms with Gasteiger partial charge >= 0.3 is 6.18 Å². The van der Waals surface area contributed by atoms with E-state index in [0.717, 1.165) is 31.8 Å². The number of hydrogen-bond donors (Lipinski definition) is 2. The fourth-order valence-electron chi connectivity index (χ4n) is 3.41. The molecule has 0 radical (unpaired) electrons. The highest BCUT2D eigenvalue weighted by molar-refractivity contribution is 7.93. The van der Waals surface area contributed by atoms with E-state index < -0.39 is 34.1 Å². The third-order valence-corrected chi connectivity index (χ3v) is 8.20. The van der Waals surface area contributed by atoms with Crippen molar-refractivity contribution in [3.05, 3.63) is 95.3 Å². The summed E-state index contributed by atoms with van der Waals surface area (Å²) in [5.74, 6) is -1.67. The summed E-state index contributed by atoms with van der Waals surface area (Å²) in [6, 6.07) is 16.3. The molecule has 0 atom stereocenters. The van der Waals surface area contributed by atoms with Crippen molar-refractivity contribution in [1.29, 1.82) is 0 Å². The van der Waals surface area contributed by atoms with E-state index in [2.05, 4.69) is 5.16 Å². The lowest BCUT2D eigenvalue weighted by Gasteiger charge is -2.23. The van der Waals surface area contributed by atoms with Crippen LogP contribution in [0.4, 0.5) is 22.6 Å². The van der Waals surface area contributed by atoms with E-state index in [0.29, 0.717) is 12.1 Å². The van der Waals surface area contributed by atoms with Crippen LogP contribution in [0.2, 0.25) is 0 Å². The molecule has 0 fully saturated rings. The number of nitrogens with zero attached hydrogens (tertiary/aromatic N) is 2. The second-order valence-corrected chi connectivity index (χ2v) is 10.4. The molecule has 0 aliphatic rings. The maximum Gasteiger partial charge on any atom is 0.419 e. The minimum absolute atomic E-state index is 0.0481. The largest absolute Gasteiger partial charge is 0.419 e. The molecule has 182 valence electrons. The van der Waals surface area contributed by atoms with Crippen LogP contribution in [0.25, 0.3) is 10.1 Å². The average Bonchev–Trinajstić information content (AvgIpc) is 3.26. The lowest BCUT2D eigenvalue weighted by Crippen LogP contribution is -2.30. The van der Waals surface area contributed by atoms with Gasteiger partial charge in [-0.25, -0.2) is 12.8 Å². The molecule has 6 nitrogen and oxygen atoms in total. The van der Waals surface area contributed by atoms with Gasteiger partial charge in [0.1, 0.15) is 10.8 Å². The first-order valence-corrected chi connectivity index (χ1v) is 12.2. The molecule has 0 unspecified atom stereocenters. The van der Waals surface area contributed by atoms with E-state index in [9.17, 15) is 26.0 Å². The van der Waals surface area contributed by atoms with Gasteiger partial charge in [-0.15, -0.1) is 11.3 Å². The van der Waals surface area contributed by atoms with E-state index in [1.165, 1.54) is 24.3 Å². The first-order valence-electron chi connectivity index (χ1n) is 9.95. The molecule has 1 aromatic heterocycles. The van der Waals surface area contributed by atoms with Crippen LogP contribution in [-0.4, -0.2) is 19.5 Å². The van der Waals surface area contributed by atoms with Gasteiger partial charge in [-0.1, -0.05) is 29.4 Å². The van der Waals surface area contributed by atoms with Gasteiger partial charge in [0, 0.05) is 10.3 Å². The summed E-state index contributed by atoms with van der Waals surface area (Å²) < 4.78 is 82.6. The number of anilines is 1. The Kier molecular flexibility index (Phi) is 6.43. The zero-order valence-corrected chi connectivity index (χ0v) is 19.3. The number of alkyl halides is 3. The van der Waals surface area contributed by atoms with Gasteiger partial charge in [0.15, 0.2) is 5.84 Å². The second kappa shape index (κ2) is 9.19. The summed E-state index contributed by atoms with van der Waals surface area (Å²) in [5, 5.41) is 12.7. The van der Waals surface area contributed by atoms with Gasteiger partial charge in [0.05, 0.1) is 17.0 Å². The molecule has 3 N–H and O–H groups in total. The van der Waals surface area contributed by atoms with Crippen LogP contribution in [0.15, 0.2) is 82.8 Å². The highest BCUT2D eigenvalue weighted by Gasteiger charge is 2.35. The van der Waals surface area contributed by atoms with Crippen LogP contribution in [0.3, 0.4) is 0 Å².